The molecule has 0 spiro atoms. The molecule has 0 bridgehead atoms. The van der Waals surface area contributed by atoms with Gasteiger partial charge in [-0.1, -0.05) is 41.6 Å². The smallest absolute Gasteiger partial charge is 0.0918 e. The highest BCUT2D eigenvalue weighted by atomic mass is 35.5. The minimum atomic E-state index is 0.783. The topological polar surface area (TPSA) is 28.7 Å². The number of H-pyrrole nitrogens is 1. The molecule has 0 saturated carbocycles. The largest absolute Gasteiger partial charge is 0.353 e. The molecule has 4 heteroatoms. The number of nitrogens with zero attached hydrogens (tertiary/aromatic N) is 1. The summed E-state index contributed by atoms with van der Waals surface area (Å²) in [6.45, 7) is 0. The Balaban J connectivity index is 2.18. The van der Waals surface area contributed by atoms with Crippen molar-refractivity contribution in [3.05, 3.63) is 71.2 Å². The van der Waals surface area contributed by atoms with Gasteiger partial charge in [0.15, 0.2) is 0 Å². The Morgan fingerprint density at radius 2 is 2.17 bits per heavy atom. The Morgan fingerprint density at radius 3 is 3.11 bits per heavy atom. The molecule has 1 aromatic rings. The lowest BCUT2D eigenvalue weighted by Crippen LogP contribution is -1.72. The zero-order chi connectivity index (χ0) is 12.6. The highest BCUT2D eigenvalue weighted by Crippen LogP contribution is 2.28. The highest BCUT2D eigenvalue weighted by molar-refractivity contribution is 8.03. The molecular formula is C14H13ClN2S. The first-order valence-corrected chi connectivity index (χ1v) is 6.77. The van der Waals surface area contributed by atoms with Crippen LogP contribution in [-0.4, -0.2) is 9.97 Å². The molecule has 0 fully saturated rings. The number of halogens is 1. The Bertz CT molecular complexity index is 518. The number of nitrogens with one attached hydrogen (secondary N) is 1. The number of aromatic amines is 1. The lowest BCUT2D eigenvalue weighted by Gasteiger charge is -1.98. The molecule has 1 aliphatic carbocycles. The molecule has 0 aliphatic heterocycles. The monoisotopic (exact) mass is 276 g/mol. The normalized spacial score (nSPS) is 14.3. The fraction of sp³-hybridized carbons (Fsp3) is 0.0714. The molecule has 0 atom stereocenters. The molecular weight excluding hydrogens is 264 g/mol. The number of allylic oxidation sites excluding steroid dienone is 5. The number of hydrogen-bond acceptors (Lipinski definition) is 2. The van der Waals surface area contributed by atoms with Crippen molar-refractivity contribution in [3.63, 3.8) is 0 Å². The average Bonchev–Trinajstić information content (AvgIpc) is 2.49. The molecule has 18 heavy (non-hydrogen) atoms. The molecule has 0 aromatic carbocycles. The second kappa shape index (κ2) is 7.09. The first-order valence-electron chi connectivity index (χ1n) is 5.57. The Morgan fingerprint density at radius 1 is 1.22 bits per heavy atom. The maximum absolute atomic E-state index is 5.96. The molecule has 92 valence electrons. The SMILES string of the molecule is ClC1=CCC=C(Sc2cccc[nH]cnc2)C=C1. The molecule has 0 amide bonds. The summed E-state index contributed by atoms with van der Waals surface area (Å²) in [5, 5.41) is 0.783. The van der Waals surface area contributed by atoms with Gasteiger partial charge in [-0.05, 0) is 30.7 Å². The van der Waals surface area contributed by atoms with Crippen LogP contribution in [-0.2, 0) is 0 Å². The van der Waals surface area contributed by atoms with Gasteiger partial charge in [0, 0.05) is 27.2 Å². The quantitative estimate of drug-likeness (QED) is 0.856. The first kappa shape index (κ1) is 13.0. The van der Waals surface area contributed by atoms with Crippen LogP contribution in [0.4, 0.5) is 0 Å². The molecule has 2 rings (SSSR count). The summed E-state index contributed by atoms with van der Waals surface area (Å²) in [7, 11) is 0. The van der Waals surface area contributed by atoms with Crippen LogP contribution >= 0.6 is 23.4 Å². The van der Waals surface area contributed by atoms with Crippen molar-refractivity contribution in [1.29, 1.82) is 0 Å². The van der Waals surface area contributed by atoms with E-state index in [4.69, 9.17) is 11.6 Å². The van der Waals surface area contributed by atoms with Gasteiger partial charge in [0.1, 0.15) is 0 Å². The van der Waals surface area contributed by atoms with Crippen molar-refractivity contribution in [3.8, 4) is 0 Å². The van der Waals surface area contributed by atoms with Crippen LogP contribution in [0.5, 0.6) is 0 Å². The Kier molecular flexibility index (Phi) is 5.12. The predicted octanol–water partition coefficient (Wildman–Crippen LogP) is 4.59. The summed E-state index contributed by atoms with van der Waals surface area (Å²) in [4.78, 5) is 9.35. The van der Waals surface area contributed by atoms with Crippen molar-refractivity contribution in [1.82, 2.24) is 9.97 Å². The van der Waals surface area contributed by atoms with E-state index in [9.17, 15) is 0 Å². The van der Waals surface area contributed by atoms with Gasteiger partial charge in [-0.2, -0.15) is 0 Å². The number of hydrogen-bond donors (Lipinski definition) is 1. The van der Waals surface area contributed by atoms with Crippen LogP contribution in [0.25, 0.3) is 0 Å². The van der Waals surface area contributed by atoms with E-state index in [1.807, 2.05) is 48.8 Å². The third-order valence-electron chi connectivity index (χ3n) is 2.19. The van der Waals surface area contributed by atoms with E-state index in [2.05, 4.69) is 16.0 Å². The highest BCUT2D eigenvalue weighted by Gasteiger charge is 1.99. The molecule has 0 saturated heterocycles. The summed E-state index contributed by atoms with van der Waals surface area (Å²) < 4.78 is 0. The number of aromatic nitrogens is 2. The van der Waals surface area contributed by atoms with Gasteiger partial charge >= 0.3 is 0 Å². The van der Waals surface area contributed by atoms with Gasteiger partial charge in [0.25, 0.3) is 0 Å². The lowest BCUT2D eigenvalue weighted by molar-refractivity contribution is 1.18. The number of rotatable bonds is 2. The van der Waals surface area contributed by atoms with Crippen molar-refractivity contribution in [2.45, 2.75) is 11.3 Å². The fourth-order valence-corrected chi connectivity index (χ4v) is 2.36. The standard InChI is InChI=1S/C14H13ClN2S/c15-12-4-3-6-13(8-7-12)18-14-5-1-2-9-16-11-17-10-14/h1-2,4-11H,3H2,(H,16,17). The van der Waals surface area contributed by atoms with E-state index in [0.29, 0.717) is 0 Å². The minimum absolute atomic E-state index is 0.783. The molecule has 2 nitrogen and oxygen atoms in total. The second-order valence-corrected chi connectivity index (χ2v) is 5.14. The molecule has 1 aliphatic rings. The summed E-state index contributed by atoms with van der Waals surface area (Å²) in [5.41, 5.74) is 0. The average molecular weight is 277 g/mol. The third kappa shape index (κ3) is 4.43. The molecule has 1 heterocycles. The van der Waals surface area contributed by atoms with Crippen molar-refractivity contribution < 1.29 is 0 Å². The van der Waals surface area contributed by atoms with Crippen LogP contribution in [0.15, 0.2) is 76.1 Å². The van der Waals surface area contributed by atoms with Crippen molar-refractivity contribution >= 4 is 23.4 Å². The van der Waals surface area contributed by atoms with E-state index in [0.717, 1.165) is 16.3 Å². The maximum atomic E-state index is 5.96. The lowest BCUT2D eigenvalue weighted by atomic mass is 10.4. The van der Waals surface area contributed by atoms with E-state index in [1.54, 1.807) is 18.1 Å². The van der Waals surface area contributed by atoms with Gasteiger partial charge in [-0.15, -0.1) is 0 Å². The minimum Gasteiger partial charge on any atom is -0.353 e. The van der Waals surface area contributed by atoms with E-state index in [1.165, 1.54) is 4.91 Å². The van der Waals surface area contributed by atoms with Gasteiger partial charge in [-0.25, -0.2) is 4.98 Å². The molecule has 1 N–H and O–H groups in total. The summed E-state index contributed by atoms with van der Waals surface area (Å²) in [6, 6.07) is 5.94. The second-order valence-electron chi connectivity index (χ2n) is 3.56. The third-order valence-corrected chi connectivity index (χ3v) is 3.49. The van der Waals surface area contributed by atoms with Crippen molar-refractivity contribution in [2.75, 3.05) is 0 Å². The van der Waals surface area contributed by atoms with E-state index >= 15 is 0 Å². The molecule has 0 unspecified atom stereocenters. The Hall–Kier alpha value is -1.45. The van der Waals surface area contributed by atoms with Crippen LogP contribution in [0.3, 0.4) is 0 Å². The summed E-state index contributed by atoms with van der Waals surface area (Å²) >= 11 is 7.63. The van der Waals surface area contributed by atoms with Crippen molar-refractivity contribution in [2.24, 2.45) is 0 Å². The Labute approximate surface area is 116 Å². The number of thioether (sulfide) groups is 1. The van der Waals surface area contributed by atoms with Crippen LogP contribution < -0.4 is 0 Å². The summed E-state index contributed by atoms with van der Waals surface area (Å²) in [6.07, 6.45) is 14.2. The van der Waals surface area contributed by atoms with E-state index < -0.39 is 0 Å². The predicted molar refractivity (Wildman–Crippen MR) is 77.8 cm³/mol. The fourth-order valence-electron chi connectivity index (χ4n) is 1.36. The first-order chi connectivity index (χ1) is 8.84. The molecule has 0 radical (unpaired) electrons. The van der Waals surface area contributed by atoms with E-state index in [-0.39, 0.29) is 0 Å². The van der Waals surface area contributed by atoms with Crippen LogP contribution in [0.2, 0.25) is 0 Å². The summed E-state index contributed by atoms with van der Waals surface area (Å²) in [5.74, 6) is 0. The van der Waals surface area contributed by atoms with Crippen LogP contribution in [0, 0.1) is 0 Å². The van der Waals surface area contributed by atoms with Gasteiger partial charge in [-0.3, -0.25) is 0 Å². The van der Waals surface area contributed by atoms with Gasteiger partial charge in [0.2, 0.25) is 0 Å². The maximum Gasteiger partial charge on any atom is 0.0918 e. The van der Waals surface area contributed by atoms with Crippen LogP contribution in [0.1, 0.15) is 6.42 Å². The van der Waals surface area contributed by atoms with Gasteiger partial charge < -0.3 is 4.98 Å². The zero-order valence-corrected chi connectivity index (χ0v) is 11.3. The zero-order valence-electron chi connectivity index (χ0n) is 9.71. The van der Waals surface area contributed by atoms with Gasteiger partial charge in [0.05, 0.1) is 6.33 Å². The molecule has 1 aromatic heterocycles.